The van der Waals surface area contributed by atoms with Gasteiger partial charge in [0.1, 0.15) is 5.82 Å². The number of nitrogens with zero attached hydrogens (tertiary/aromatic N) is 1. The van der Waals surface area contributed by atoms with Gasteiger partial charge in [0.15, 0.2) is 0 Å². The summed E-state index contributed by atoms with van der Waals surface area (Å²) in [5, 5.41) is 3.59. The number of rotatable bonds is 6. The summed E-state index contributed by atoms with van der Waals surface area (Å²) in [5.74, 6) is -0.156. The van der Waals surface area contributed by atoms with Gasteiger partial charge in [0.2, 0.25) is 0 Å². The molecule has 0 bridgehead atoms. The Morgan fingerprint density at radius 3 is 2.70 bits per heavy atom. The van der Waals surface area contributed by atoms with E-state index in [1.54, 1.807) is 12.1 Å². The van der Waals surface area contributed by atoms with Gasteiger partial charge in [-0.05, 0) is 38.0 Å². The Morgan fingerprint density at radius 2 is 2.00 bits per heavy atom. The van der Waals surface area contributed by atoms with Gasteiger partial charge < -0.3 is 10.1 Å². The molecule has 1 aliphatic rings. The Bertz CT molecular complexity index is 407. The van der Waals surface area contributed by atoms with Crippen molar-refractivity contribution in [2.75, 3.05) is 32.8 Å². The molecule has 0 radical (unpaired) electrons. The Hall–Kier alpha value is -0.970. The van der Waals surface area contributed by atoms with Crippen molar-refractivity contribution in [3.05, 3.63) is 35.6 Å². The zero-order valence-corrected chi connectivity index (χ0v) is 12.4. The molecular weight excluding hydrogens is 255 g/mol. The number of hydrogen-bond acceptors (Lipinski definition) is 3. The molecule has 1 N–H and O–H groups in total. The van der Waals surface area contributed by atoms with Crippen LogP contribution < -0.4 is 5.32 Å². The first-order valence-electron chi connectivity index (χ1n) is 7.44. The smallest absolute Gasteiger partial charge is 0.123 e. The van der Waals surface area contributed by atoms with Crippen LogP contribution in [0.5, 0.6) is 0 Å². The molecule has 1 aromatic carbocycles. The SMILES string of the molecule is CC(Cc1cccc(F)c1)NC(C)CN1CCOCC1. The van der Waals surface area contributed by atoms with E-state index < -0.39 is 0 Å². The van der Waals surface area contributed by atoms with Crippen LogP contribution in [0.2, 0.25) is 0 Å². The fourth-order valence-electron chi connectivity index (χ4n) is 2.79. The van der Waals surface area contributed by atoms with Gasteiger partial charge >= 0.3 is 0 Å². The van der Waals surface area contributed by atoms with Crippen molar-refractivity contribution >= 4 is 0 Å². The fourth-order valence-corrected chi connectivity index (χ4v) is 2.79. The number of morpholine rings is 1. The summed E-state index contributed by atoms with van der Waals surface area (Å²) in [5.41, 5.74) is 1.04. The van der Waals surface area contributed by atoms with Crippen molar-refractivity contribution in [1.29, 1.82) is 0 Å². The highest BCUT2D eigenvalue weighted by atomic mass is 19.1. The van der Waals surface area contributed by atoms with Gasteiger partial charge in [0, 0.05) is 31.7 Å². The van der Waals surface area contributed by atoms with Crippen LogP contribution in [-0.2, 0) is 11.2 Å². The predicted octanol–water partition coefficient (Wildman–Crippen LogP) is 2.07. The highest BCUT2D eigenvalue weighted by Crippen LogP contribution is 2.07. The molecule has 112 valence electrons. The summed E-state index contributed by atoms with van der Waals surface area (Å²) in [7, 11) is 0. The molecule has 1 aromatic rings. The van der Waals surface area contributed by atoms with E-state index in [1.807, 2.05) is 6.07 Å². The lowest BCUT2D eigenvalue weighted by Crippen LogP contribution is -2.47. The van der Waals surface area contributed by atoms with Gasteiger partial charge in [-0.1, -0.05) is 12.1 Å². The number of halogens is 1. The average Bonchev–Trinajstić information content (AvgIpc) is 2.39. The van der Waals surface area contributed by atoms with Crippen LogP contribution in [0.25, 0.3) is 0 Å². The van der Waals surface area contributed by atoms with E-state index in [0.29, 0.717) is 12.1 Å². The summed E-state index contributed by atoms with van der Waals surface area (Å²) in [6, 6.07) is 7.63. The van der Waals surface area contributed by atoms with Crippen molar-refractivity contribution in [3.8, 4) is 0 Å². The third kappa shape index (κ3) is 5.19. The molecule has 0 amide bonds. The zero-order chi connectivity index (χ0) is 14.4. The fraction of sp³-hybridized carbons (Fsp3) is 0.625. The molecule has 2 rings (SSSR count). The topological polar surface area (TPSA) is 24.5 Å². The van der Waals surface area contributed by atoms with Crippen LogP contribution in [0, 0.1) is 5.82 Å². The second-order valence-electron chi connectivity index (χ2n) is 5.72. The maximum Gasteiger partial charge on any atom is 0.123 e. The molecule has 0 saturated carbocycles. The summed E-state index contributed by atoms with van der Waals surface area (Å²) in [6.07, 6.45) is 0.852. The third-order valence-electron chi connectivity index (χ3n) is 3.64. The standard InChI is InChI=1S/C16H25FN2O/c1-13(10-15-4-3-5-16(17)11-15)18-14(2)12-19-6-8-20-9-7-19/h3-5,11,13-14,18H,6-10,12H2,1-2H3. The van der Waals surface area contributed by atoms with Gasteiger partial charge in [-0.3, -0.25) is 4.90 Å². The maximum atomic E-state index is 13.2. The quantitative estimate of drug-likeness (QED) is 0.863. The Kier molecular flexibility index (Phi) is 5.95. The summed E-state index contributed by atoms with van der Waals surface area (Å²) in [4.78, 5) is 2.43. The van der Waals surface area contributed by atoms with Crippen molar-refractivity contribution in [2.45, 2.75) is 32.4 Å². The lowest BCUT2D eigenvalue weighted by molar-refractivity contribution is 0.0339. The summed E-state index contributed by atoms with van der Waals surface area (Å²) >= 11 is 0. The van der Waals surface area contributed by atoms with E-state index in [4.69, 9.17) is 4.74 Å². The third-order valence-corrected chi connectivity index (χ3v) is 3.64. The summed E-state index contributed by atoms with van der Waals surface area (Å²) in [6.45, 7) is 9.11. The number of nitrogens with one attached hydrogen (secondary N) is 1. The normalized spacial score (nSPS) is 19.8. The molecule has 0 aromatic heterocycles. The van der Waals surface area contributed by atoms with E-state index in [2.05, 4.69) is 24.1 Å². The van der Waals surface area contributed by atoms with Crippen LogP contribution in [0.15, 0.2) is 24.3 Å². The molecule has 4 heteroatoms. The summed E-state index contributed by atoms with van der Waals surface area (Å²) < 4.78 is 18.5. The van der Waals surface area contributed by atoms with Crippen LogP contribution in [0.1, 0.15) is 19.4 Å². The number of hydrogen-bond donors (Lipinski definition) is 1. The second-order valence-corrected chi connectivity index (χ2v) is 5.72. The Balaban J connectivity index is 1.74. The Morgan fingerprint density at radius 1 is 1.25 bits per heavy atom. The molecule has 0 aliphatic carbocycles. The number of benzene rings is 1. The number of ether oxygens (including phenoxy) is 1. The largest absolute Gasteiger partial charge is 0.379 e. The van der Waals surface area contributed by atoms with E-state index in [0.717, 1.165) is 44.8 Å². The van der Waals surface area contributed by atoms with Crippen LogP contribution in [0.4, 0.5) is 4.39 Å². The first-order valence-corrected chi connectivity index (χ1v) is 7.44. The van der Waals surface area contributed by atoms with Gasteiger partial charge in [-0.25, -0.2) is 4.39 Å². The highest BCUT2D eigenvalue weighted by molar-refractivity contribution is 5.17. The van der Waals surface area contributed by atoms with E-state index >= 15 is 0 Å². The monoisotopic (exact) mass is 280 g/mol. The minimum atomic E-state index is -0.156. The van der Waals surface area contributed by atoms with Crippen molar-refractivity contribution in [3.63, 3.8) is 0 Å². The van der Waals surface area contributed by atoms with Crippen molar-refractivity contribution in [1.82, 2.24) is 10.2 Å². The van der Waals surface area contributed by atoms with E-state index in [9.17, 15) is 4.39 Å². The molecular formula is C16H25FN2O. The molecule has 2 atom stereocenters. The van der Waals surface area contributed by atoms with E-state index in [1.165, 1.54) is 6.07 Å². The lowest BCUT2D eigenvalue weighted by atomic mass is 10.1. The Labute approximate surface area is 121 Å². The maximum absolute atomic E-state index is 13.2. The van der Waals surface area contributed by atoms with Crippen molar-refractivity contribution < 1.29 is 9.13 Å². The molecule has 3 nitrogen and oxygen atoms in total. The van der Waals surface area contributed by atoms with Gasteiger partial charge in [0.25, 0.3) is 0 Å². The molecule has 1 fully saturated rings. The van der Waals surface area contributed by atoms with E-state index in [-0.39, 0.29) is 5.82 Å². The van der Waals surface area contributed by atoms with Crippen molar-refractivity contribution in [2.24, 2.45) is 0 Å². The minimum Gasteiger partial charge on any atom is -0.379 e. The zero-order valence-electron chi connectivity index (χ0n) is 12.4. The van der Waals surface area contributed by atoms with Crippen LogP contribution in [-0.4, -0.2) is 49.8 Å². The van der Waals surface area contributed by atoms with Gasteiger partial charge in [-0.2, -0.15) is 0 Å². The second kappa shape index (κ2) is 7.72. The molecule has 1 heterocycles. The molecule has 1 aliphatic heterocycles. The molecule has 2 unspecified atom stereocenters. The first kappa shape index (κ1) is 15.4. The van der Waals surface area contributed by atoms with Crippen LogP contribution in [0.3, 0.4) is 0 Å². The van der Waals surface area contributed by atoms with Gasteiger partial charge in [-0.15, -0.1) is 0 Å². The highest BCUT2D eigenvalue weighted by Gasteiger charge is 2.15. The molecule has 0 spiro atoms. The van der Waals surface area contributed by atoms with Crippen LogP contribution >= 0.6 is 0 Å². The predicted molar refractivity (Wildman–Crippen MR) is 79.4 cm³/mol. The molecule has 1 saturated heterocycles. The first-order chi connectivity index (χ1) is 9.63. The van der Waals surface area contributed by atoms with Gasteiger partial charge in [0.05, 0.1) is 13.2 Å². The lowest BCUT2D eigenvalue weighted by Gasteiger charge is -2.30. The molecule has 20 heavy (non-hydrogen) atoms. The average molecular weight is 280 g/mol. The minimum absolute atomic E-state index is 0.156.